The predicted molar refractivity (Wildman–Crippen MR) is 128 cm³/mol. The predicted octanol–water partition coefficient (Wildman–Crippen LogP) is 3.85. The van der Waals surface area contributed by atoms with Crippen LogP contribution in [-0.4, -0.2) is 16.6 Å². The quantitative estimate of drug-likeness (QED) is 0.562. The van der Waals surface area contributed by atoms with Gasteiger partial charge in [0.05, 0.1) is 27.9 Å². The maximum atomic E-state index is 13.4. The molecule has 0 radical (unpaired) electrons. The summed E-state index contributed by atoms with van der Waals surface area (Å²) >= 11 is 1.32. The van der Waals surface area contributed by atoms with Gasteiger partial charge in [-0.1, -0.05) is 84.2 Å². The molecule has 1 aliphatic rings. The van der Waals surface area contributed by atoms with Crippen molar-refractivity contribution in [2.45, 2.75) is 32.9 Å². The maximum Gasteiger partial charge on any atom is 0.338 e. The zero-order valence-corrected chi connectivity index (χ0v) is 19.0. The Morgan fingerprint density at radius 1 is 1.09 bits per heavy atom. The first-order valence-electron chi connectivity index (χ1n) is 10.5. The van der Waals surface area contributed by atoms with Crippen molar-refractivity contribution in [3.05, 3.63) is 109 Å². The fraction of sp³-hybridized carbons (Fsp3) is 0.192. The lowest BCUT2D eigenvalue weighted by atomic mass is 9.96. The first-order valence-corrected chi connectivity index (χ1v) is 11.3. The monoisotopic (exact) mass is 444 g/mol. The topological polar surface area (TPSA) is 60.7 Å². The van der Waals surface area contributed by atoms with Crippen molar-refractivity contribution in [3.63, 3.8) is 0 Å². The van der Waals surface area contributed by atoms with Crippen molar-refractivity contribution in [1.82, 2.24) is 4.57 Å². The van der Waals surface area contributed by atoms with Gasteiger partial charge in [-0.25, -0.2) is 9.79 Å². The highest BCUT2D eigenvalue weighted by Crippen LogP contribution is 2.30. The molecule has 162 valence electrons. The van der Waals surface area contributed by atoms with Gasteiger partial charge in [0, 0.05) is 0 Å². The van der Waals surface area contributed by atoms with Crippen molar-refractivity contribution in [2.24, 2.45) is 4.99 Å². The van der Waals surface area contributed by atoms with Crippen LogP contribution in [0.2, 0.25) is 0 Å². The first-order chi connectivity index (χ1) is 15.5. The highest BCUT2D eigenvalue weighted by Gasteiger charge is 2.33. The van der Waals surface area contributed by atoms with Crippen LogP contribution < -0.4 is 14.9 Å². The molecule has 32 heavy (non-hydrogen) atoms. The number of benzene rings is 2. The van der Waals surface area contributed by atoms with Crippen molar-refractivity contribution in [3.8, 4) is 0 Å². The third-order valence-electron chi connectivity index (χ3n) is 5.04. The van der Waals surface area contributed by atoms with Crippen LogP contribution in [0, 0.1) is 0 Å². The Kier molecular flexibility index (Phi) is 6.32. The summed E-state index contributed by atoms with van der Waals surface area (Å²) in [4.78, 5) is 31.6. The Bertz CT molecular complexity index is 1360. The van der Waals surface area contributed by atoms with Crippen molar-refractivity contribution < 1.29 is 9.53 Å². The van der Waals surface area contributed by atoms with Gasteiger partial charge in [-0.15, -0.1) is 0 Å². The molecule has 0 fully saturated rings. The van der Waals surface area contributed by atoms with E-state index in [0.717, 1.165) is 11.1 Å². The van der Waals surface area contributed by atoms with Crippen LogP contribution in [0.3, 0.4) is 0 Å². The van der Waals surface area contributed by atoms with E-state index in [1.165, 1.54) is 11.3 Å². The van der Waals surface area contributed by atoms with Crippen LogP contribution in [0.15, 0.2) is 87.8 Å². The van der Waals surface area contributed by atoms with Crippen LogP contribution in [0.4, 0.5) is 0 Å². The zero-order chi connectivity index (χ0) is 22.7. The zero-order valence-electron chi connectivity index (χ0n) is 18.2. The van der Waals surface area contributed by atoms with Crippen LogP contribution in [0.25, 0.3) is 12.2 Å². The summed E-state index contributed by atoms with van der Waals surface area (Å²) in [6.45, 7) is 5.40. The molecule has 2 heterocycles. The number of thiazole rings is 1. The van der Waals surface area contributed by atoms with Gasteiger partial charge in [0.1, 0.15) is 0 Å². The summed E-state index contributed by atoms with van der Waals surface area (Å²) in [5.41, 5.74) is 2.67. The van der Waals surface area contributed by atoms with E-state index in [-0.39, 0.29) is 11.7 Å². The Balaban J connectivity index is 1.84. The molecule has 3 aromatic rings. The van der Waals surface area contributed by atoms with Crippen molar-refractivity contribution in [1.29, 1.82) is 0 Å². The maximum absolute atomic E-state index is 13.4. The number of aromatic nitrogens is 1. The molecule has 0 saturated carbocycles. The summed E-state index contributed by atoms with van der Waals surface area (Å²) in [7, 11) is 0. The Labute approximate surface area is 190 Å². The molecule has 5 nitrogen and oxygen atoms in total. The van der Waals surface area contributed by atoms with E-state index < -0.39 is 12.0 Å². The molecule has 1 atom stereocenters. The number of rotatable bonds is 5. The van der Waals surface area contributed by atoms with Gasteiger partial charge in [-0.3, -0.25) is 9.36 Å². The molecule has 0 saturated heterocycles. The molecule has 1 aliphatic heterocycles. The molecule has 6 heteroatoms. The number of ether oxygens (including phenoxy) is 1. The minimum absolute atomic E-state index is 0.178. The molecule has 0 aliphatic carbocycles. The lowest BCUT2D eigenvalue weighted by Gasteiger charge is -2.25. The van der Waals surface area contributed by atoms with E-state index in [1.54, 1.807) is 31.4 Å². The van der Waals surface area contributed by atoms with Crippen LogP contribution in [0.5, 0.6) is 0 Å². The molecule has 0 spiro atoms. The SMILES string of the molecule is CC1=C(C(=O)OC(C)C)C(c2ccccc2)n2c(sc(=CC=Cc3ccccc3)c2=O)=N1. The summed E-state index contributed by atoms with van der Waals surface area (Å²) in [6, 6.07) is 18.8. The minimum atomic E-state index is -0.584. The van der Waals surface area contributed by atoms with E-state index in [0.29, 0.717) is 20.6 Å². The number of hydrogen-bond donors (Lipinski definition) is 0. The van der Waals surface area contributed by atoms with Gasteiger partial charge in [-0.05, 0) is 38.0 Å². The fourth-order valence-electron chi connectivity index (χ4n) is 3.64. The number of carbonyl (C=O) groups excluding carboxylic acids is 1. The summed E-state index contributed by atoms with van der Waals surface area (Å²) in [6.07, 6.45) is 5.33. The Hall–Kier alpha value is -3.51. The van der Waals surface area contributed by atoms with Gasteiger partial charge in [0.25, 0.3) is 5.56 Å². The van der Waals surface area contributed by atoms with Crippen molar-refractivity contribution >= 4 is 29.5 Å². The lowest BCUT2D eigenvalue weighted by molar-refractivity contribution is -0.143. The van der Waals surface area contributed by atoms with Crippen LogP contribution in [-0.2, 0) is 9.53 Å². The minimum Gasteiger partial charge on any atom is -0.459 e. The van der Waals surface area contributed by atoms with Gasteiger partial charge in [0.2, 0.25) is 0 Å². The van der Waals surface area contributed by atoms with E-state index in [1.807, 2.05) is 72.8 Å². The molecule has 1 aromatic heterocycles. The summed E-state index contributed by atoms with van der Waals surface area (Å²) < 4.78 is 7.66. The molecular formula is C26H24N2O3S. The molecule has 4 rings (SSSR count). The van der Waals surface area contributed by atoms with Gasteiger partial charge >= 0.3 is 5.97 Å². The van der Waals surface area contributed by atoms with E-state index in [4.69, 9.17) is 4.74 Å². The number of hydrogen-bond acceptors (Lipinski definition) is 5. The summed E-state index contributed by atoms with van der Waals surface area (Å²) in [5, 5.41) is 0. The smallest absolute Gasteiger partial charge is 0.338 e. The molecule has 0 N–H and O–H groups in total. The van der Waals surface area contributed by atoms with Gasteiger partial charge < -0.3 is 4.74 Å². The number of allylic oxidation sites excluding steroid dienone is 2. The largest absolute Gasteiger partial charge is 0.459 e. The Morgan fingerprint density at radius 2 is 1.75 bits per heavy atom. The average Bonchev–Trinajstić information content (AvgIpc) is 3.08. The second-order valence-corrected chi connectivity index (χ2v) is 8.75. The van der Waals surface area contributed by atoms with Crippen LogP contribution >= 0.6 is 11.3 Å². The third kappa shape index (κ3) is 4.41. The number of nitrogens with zero attached hydrogens (tertiary/aromatic N) is 2. The van der Waals surface area contributed by atoms with Gasteiger partial charge in [0.15, 0.2) is 4.80 Å². The van der Waals surface area contributed by atoms with E-state index in [2.05, 4.69) is 4.99 Å². The molecule has 2 aromatic carbocycles. The average molecular weight is 445 g/mol. The standard InChI is InChI=1S/C26H24N2O3S/c1-17(2)31-25(30)22-18(3)27-26-28(23(22)20-14-8-5-9-15-20)24(29)21(32-26)16-10-13-19-11-6-4-7-12-19/h4-17,23H,1-3H3. The first kappa shape index (κ1) is 21.7. The van der Waals surface area contributed by atoms with E-state index >= 15 is 0 Å². The van der Waals surface area contributed by atoms with Crippen LogP contribution in [0.1, 0.15) is 37.9 Å². The second kappa shape index (κ2) is 9.32. The highest BCUT2D eigenvalue weighted by atomic mass is 32.1. The number of carbonyl (C=O) groups is 1. The van der Waals surface area contributed by atoms with Crippen molar-refractivity contribution in [2.75, 3.05) is 0 Å². The molecule has 1 unspecified atom stereocenters. The Morgan fingerprint density at radius 3 is 2.41 bits per heavy atom. The highest BCUT2D eigenvalue weighted by molar-refractivity contribution is 7.07. The number of esters is 1. The molecular weight excluding hydrogens is 420 g/mol. The third-order valence-corrected chi connectivity index (χ3v) is 6.04. The lowest BCUT2D eigenvalue weighted by Crippen LogP contribution is -2.40. The molecule has 0 bridgehead atoms. The number of fused-ring (bicyclic) bond motifs is 1. The fourth-order valence-corrected chi connectivity index (χ4v) is 4.63. The molecule has 0 amide bonds. The normalized spacial score (nSPS) is 16.4. The van der Waals surface area contributed by atoms with E-state index in [9.17, 15) is 9.59 Å². The summed E-state index contributed by atoms with van der Waals surface area (Å²) in [5.74, 6) is -0.451. The second-order valence-electron chi connectivity index (χ2n) is 7.74. The van der Waals surface area contributed by atoms with Gasteiger partial charge in [-0.2, -0.15) is 0 Å².